The predicted molar refractivity (Wildman–Crippen MR) is 82.0 cm³/mol. The Morgan fingerprint density at radius 3 is 2.80 bits per heavy atom. The van der Waals surface area contributed by atoms with Crippen LogP contribution in [0.25, 0.3) is 0 Å². The van der Waals surface area contributed by atoms with Crippen LogP contribution in [-0.2, 0) is 0 Å². The van der Waals surface area contributed by atoms with E-state index in [-0.39, 0.29) is 5.91 Å². The van der Waals surface area contributed by atoms with Crippen LogP contribution in [0.5, 0.6) is 0 Å². The molecule has 1 aliphatic carbocycles. The lowest BCUT2D eigenvalue weighted by molar-refractivity contribution is 0.0693. The Morgan fingerprint density at radius 2 is 2.15 bits per heavy atom. The number of amides is 1. The lowest BCUT2D eigenvalue weighted by Gasteiger charge is -2.27. The number of pyridine rings is 1. The van der Waals surface area contributed by atoms with Crippen LogP contribution in [0, 0.1) is 0 Å². The number of anilines is 1. The molecule has 1 aromatic heterocycles. The van der Waals surface area contributed by atoms with Gasteiger partial charge in [-0.15, -0.1) is 0 Å². The van der Waals surface area contributed by atoms with Crippen molar-refractivity contribution in [3.63, 3.8) is 0 Å². The first kappa shape index (κ1) is 14.8. The van der Waals surface area contributed by atoms with Crippen LogP contribution in [0.1, 0.15) is 56.3 Å². The highest BCUT2D eigenvalue weighted by atomic mass is 16.2. The Balaban J connectivity index is 2.10. The van der Waals surface area contributed by atoms with Crippen molar-refractivity contribution in [2.45, 2.75) is 52.0 Å². The minimum atomic E-state index is 0.140. The van der Waals surface area contributed by atoms with Gasteiger partial charge in [-0.1, -0.05) is 19.8 Å². The summed E-state index contributed by atoms with van der Waals surface area (Å²) in [4.78, 5) is 18.9. The summed E-state index contributed by atoms with van der Waals surface area (Å²) in [5, 5.41) is 3.23. The number of aromatic nitrogens is 1. The van der Waals surface area contributed by atoms with Gasteiger partial charge in [-0.3, -0.25) is 4.79 Å². The Morgan fingerprint density at radius 1 is 1.40 bits per heavy atom. The summed E-state index contributed by atoms with van der Waals surface area (Å²) >= 11 is 0. The maximum absolute atomic E-state index is 12.7. The van der Waals surface area contributed by atoms with E-state index in [1.165, 1.54) is 12.8 Å². The van der Waals surface area contributed by atoms with Crippen molar-refractivity contribution in [1.82, 2.24) is 9.88 Å². The highest BCUT2D eigenvalue weighted by molar-refractivity contribution is 5.95. The second kappa shape index (κ2) is 7.27. The van der Waals surface area contributed by atoms with Gasteiger partial charge in [0.2, 0.25) is 0 Å². The minimum Gasteiger partial charge on any atom is -0.370 e. The molecule has 0 atom stereocenters. The second-order valence-electron chi connectivity index (χ2n) is 5.39. The smallest absolute Gasteiger partial charge is 0.254 e. The molecule has 1 saturated carbocycles. The molecule has 1 aromatic rings. The number of hydrogen-bond donors (Lipinski definition) is 1. The molecule has 2 rings (SSSR count). The van der Waals surface area contributed by atoms with Gasteiger partial charge in [0, 0.05) is 30.9 Å². The Kier molecular flexibility index (Phi) is 5.39. The van der Waals surface area contributed by atoms with E-state index in [0.717, 1.165) is 43.7 Å². The molecule has 0 saturated heterocycles. The first-order valence-electron chi connectivity index (χ1n) is 7.77. The molecule has 0 bridgehead atoms. The van der Waals surface area contributed by atoms with E-state index in [1.807, 2.05) is 17.0 Å². The summed E-state index contributed by atoms with van der Waals surface area (Å²) in [6.45, 7) is 5.84. The average molecular weight is 275 g/mol. The van der Waals surface area contributed by atoms with Crippen LogP contribution < -0.4 is 5.32 Å². The summed E-state index contributed by atoms with van der Waals surface area (Å²) in [6, 6.07) is 4.11. The van der Waals surface area contributed by atoms with Crippen molar-refractivity contribution in [2.75, 3.05) is 18.4 Å². The first-order valence-corrected chi connectivity index (χ1v) is 7.77. The molecule has 0 unspecified atom stereocenters. The average Bonchev–Trinajstić information content (AvgIpc) is 3.00. The molecule has 1 fully saturated rings. The second-order valence-corrected chi connectivity index (χ2v) is 5.39. The van der Waals surface area contributed by atoms with Crippen molar-refractivity contribution in [3.05, 3.63) is 23.9 Å². The number of nitrogens with zero attached hydrogens (tertiary/aromatic N) is 2. The zero-order valence-electron chi connectivity index (χ0n) is 12.6. The van der Waals surface area contributed by atoms with E-state index in [0.29, 0.717) is 6.04 Å². The van der Waals surface area contributed by atoms with E-state index in [4.69, 9.17) is 0 Å². The van der Waals surface area contributed by atoms with Crippen LogP contribution in [-0.4, -0.2) is 34.9 Å². The van der Waals surface area contributed by atoms with Gasteiger partial charge in [0.15, 0.2) is 0 Å². The molecule has 0 spiro atoms. The maximum Gasteiger partial charge on any atom is 0.254 e. The molecule has 1 heterocycles. The Hall–Kier alpha value is -1.58. The van der Waals surface area contributed by atoms with Gasteiger partial charge in [-0.05, 0) is 38.3 Å². The number of hydrogen-bond acceptors (Lipinski definition) is 3. The maximum atomic E-state index is 12.7. The van der Waals surface area contributed by atoms with E-state index in [9.17, 15) is 4.79 Å². The summed E-state index contributed by atoms with van der Waals surface area (Å²) in [6.07, 6.45) is 7.54. The van der Waals surface area contributed by atoms with Crippen molar-refractivity contribution in [3.8, 4) is 0 Å². The standard InChI is InChI=1S/C16H25N3O/c1-3-10-17-15-12-13(9-11-18-15)16(20)19(4-2)14-7-5-6-8-14/h9,11-12,14H,3-8,10H2,1-2H3,(H,17,18). The van der Waals surface area contributed by atoms with Crippen LogP contribution >= 0.6 is 0 Å². The molecule has 0 radical (unpaired) electrons. The van der Waals surface area contributed by atoms with E-state index < -0.39 is 0 Å². The lowest BCUT2D eigenvalue weighted by Crippen LogP contribution is -2.38. The van der Waals surface area contributed by atoms with Crippen LogP contribution in [0.4, 0.5) is 5.82 Å². The van der Waals surface area contributed by atoms with Gasteiger partial charge in [0.05, 0.1) is 0 Å². The third-order valence-corrected chi connectivity index (χ3v) is 3.93. The molecule has 4 heteroatoms. The van der Waals surface area contributed by atoms with Gasteiger partial charge in [0.1, 0.15) is 5.82 Å². The molecular weight excluding hydrogens is 250 g/mol. The van der Waals surface area contributed by atoms with Crippen LogP contribution in [0.3, 0.4) is 0 Å². The fourth-order valence-corrected chi connectivity index (χ4v) is 2.86. The normalized spacial score (nSPS) is 15.3. The van der Waals surface area contributed by atoms with Gasteiger partial charge in [0.25, 0.3) is 5.91 Å². The largest absolute Gasteiger partial charge is 0.370 e. The van der Waals surface area contributed by atoms with Crippen molar-refractivity contribution >= 4 is 11.7 Å². The van der Waals surface area contributed by atoms with Gasteiger partial charge >= 0.3 is 0 Å². The van der Waals surface area contributed by atoms with E-state index in [1.54, 1.807) is 6.20 Å². The monoisotopic (exact) mass is 275 g/mol. The Bertz CT molecular complexity index is 441. The highest BCUT2D eigenvalue weighted by Crippen LogP contribution is 2.25. The number of carbonyl (C=O) groups is 1. The van der Waals surface area contributed by atoms with Crippen molar-refractivity contribution < 1.29 is 4.79 Å². The van der Waals surface area contributed by atoms with Gasteiger partial charge < -0.3 is 10.2 Å². The van der Waals surface area contributed by atoms with Crippen molar-refractivity contribution in [1.29, 1.82) is 0 Å². The molecule has 0 aromatic carbocycles. The molecule has 1 amide bonds. The Labute approximate surface area is 121 Å². The zero-order valence-corrected chi connectivity index (χ0v) is 12.6. The minimum absolute atomic E-state index is 0.140. The molecule has 1 aliphatic rings. The fourth-order valence-electron chi connectivity index (χ4n) is 2.86. The molecule has 0 aliphatic heterocycles. The summed E-state index contributed by atoms with van der Waals surface area (Å²) in [7, 11) is 0. The van der Waals surface area contributed by atoms with E-state index >= 15 is 0 Å². The topological polar surface area (TPSA) is 45.2 Å². The van der Waals surface area contributed by atoms with Crippen LogP contribution in [0.2, 0.25) is 0 Å². The number of carbonyl (C=O) groups excluding carboxylic acids is 1. The third-order valence-electron chi connectivity index (χ3n) is 3.93. The molecule has 1 N–H and O–H groups in total. The third kappa shape index (κ3) is 3.50. The first-order chi connectivity index (χ1) is 9.76. The van der Waals surface area contributed by atoms with Crippen molar-refractivity contribution in [2.24, 2.45) is 0 Å². The number of rotatable bonds is 6. The van der Waals surface area contributed by atoms with E-state index in [2.05, 4.69) is 24.1 Å². The van der Waals surface area contributed by atoms with Gasteiger partial charge in [-0.2, -0.15) is 0 Å². The lowest BCUT2D eigenvalue weighted by atomic mass is 10.1. The summed E-state index contributed by atoms with van der Waals surface area (Å²) in [5.74, 6) is 0.932. The molecule has 4 nitrogen and oxygen atoms in total. The van der Waals surface area contributed by atoms with Gasteiger partial charge in [-0.25, -0.2) is 4.98 Å². The molecular formula is C16H25N3O. The molecule has 20 heavy (non-hydrogen) atoms. The number of nitrogens with one attached hydrogen (secondary N) is 1. The zero-order chi connectivity index (χ0) is 14.4. The quantitative estimate of drug-likeness (QED) is 0.866. The fraction of sp³-hybridized carbons (Fsp3) is 0.625. The van der Waals surface area contributed by atoms with Crippen LogP contribution in [0.15, 0.2) is 18.3 Å². The highest BCUT2D eigenvalue weighted by Gasteiger charge is 2.26. The molecule has 110 valence electrons. The summed E-state index contributed by atoms with van der Waals surface area (Å²) < 4.78 is 0. The predicted octanol–water partition coefficient (Wildman–Crippen LogP) is 3.31. The summed E-state index contributed by atoms with van der Waals surface area (Å²) in [5.41, 5.74) is 0.743. The SMILES string of the molecule is CCCNc1cc(C(=O)N(CC)C2CCCC2)ccn1.